The molecule has 2 aromatic heterocycles. The molecule has 10 heteroatoms. The van der Waals surface area contributed by atoms with Crippen LogP contribution in [-0.4, -0.2) is 53.3 Å². The van der Waals surface area contributed by atoms with Gasteiger partial charge in [-0.15, -0.1) is 0 Å². The molecule has 172 valence electrons. The Bertz CT molecular complexity index is 1170. The van der Waals surface area contributed by atoms with E-state index in [2.05, 4.69) is 20.8 Å². The number of rotatable bonds is 8. The highest BCUT2D eigenvalue weighted by atomic mass is 35.5. The van der Waals surface area contributed by atoms with Gasteiger partial charge in [0, 0.05) is 19.3 Å². The number of nitrogens with zero attached hydrogens (tertiary/aromatic N) is 3. The molecule has 1 fully saturated rings. The number of ether oxygens (including phenoxy) is 2. The van der Waals surface area contributed by atoms with E-state index >= 15 is 0 Å². The topological polar surface area (TPSA) is 106 Å². The van der Waals surface area contributed by atoms with Crippen LogP contribution < -0.4 is 15.5 Å². The van der Waals surface area contributed by atoms with Crippen LogP contribution in [-0.2, 0) is 9.53 Å². The molecule has 0 saturated carbocycles. The molecule has 33 heavy (non-hydrogen) atoms. The van der Waals surface area contributed by atoms with E-state index in [4.69, 9.17) is 21.1 Å². The molecule has 2 N–H and O–H groups in total. The Morgan fingerprint density at radius 3 is 2.88 bits per heavy atom. The fourth-order valence-electron chi connectivity index (χ4n) is 3.51. The van der Waals surface area contributed by atoms with Crippen LogP contribution in [0.5, 0.6) is 5.75 Å². The van der Waals surface area contributed by atoms with Crippen molar-refractivity contribution in [1.82, 2.24) is 20.1 Å². The molecule has 4 rings (SSSR count). The Balaban J connectivity index is 1.27. The predicted molar refractivity (Wildman–Crippen MR) is 124 cm³/mol. The van der Waals surface area contributed by atoms with Crippen LogP contribution in [0.2, 0.25) is 5.02 Å². The van der Waals surface area contributed by atoms with E-state index in [-0.39, 0.29) is 18.6 Å². The lowest BCUT2D eigenvalue weighted by molar-refractivity contribution is -0.123. The van der Waals surface area contributed by atoms with Crippen LogP contribution in [0.3, 0.4) is 0 Å². The Labute approximate surface area is 195 Å². The number of aromatic nitrogens is 2. The van der Waals surface area contributed by atoms with Crippen molar-refractivity contribution < 1.29 is 19.1 Å². The minimum atomic E-state index is -0.396. The molecule has 0 aliphatic carbocycles. The van der Waals surface area contributed by atoms with Crippen molar-refractivity contribution in [3.63, 3.8) is 0 Å². The van der Waals surface area contributed by atoms with Crippen LogP contribution in [0.25, 0.3) is 5.65 Å². The van der Waals surface area contributed by atoms with Crippen LogP contribution in [0, 0.1) is 6.92 Å². The van der Waals surface area contributed by atoms with Gasteiger partial charge in [0.15, 0.2) is 6.61 Å². The van der Waals surface area contributed by atoms with E-state index < -0.39 is 5.91 Å². The predicted octanol–water partition coefficient (Wildman–Crippen LogP) is 2.73. The molecule has 1 aliphatic heterocycles. The summed E-state index contributed by atoms with van der Waals surface area (Å²) < 4.78 is 12.6. The van der Waals surface area contributed by atoms with Crippen molar-refractivity contribution in [3.8, 4) is 5.75 Å². The van der Waals surface area contributed by atoms with Crippen LogP contribution in [0.1, 0.15) is 34.6 Å². The van der Waals surface area contributed by atoms with Crippen molar-refractivity contribution in [2.45, 2.75) is 25.9 Å². The average Bonchev–Trinajstić information content (AvgIpc) is 3.44. The largest absolute Gasteiger partial charge is 0.484 e. The fraction of sp³-hybridized carbons (Fsp3) is 0.304. The van der Waals surface area contributed by atoms with Crippen molar-refractivity contribution >= 4 is 35.3 Å². The minimum Gasteiger partial charge on any atom is -0.484 e. The molecule has 0 unspecified atom stereocenters. The smallest absolute Gasteiger partial charge is 0.290 e. The number of amides is 2. The lowest BCUT2D eigenvalue weighted by Gasteiger charge is -2.11. The molecular formula is C23H24ClN5O4. The van der Waals surface area contributed by atoms with Gasteiger partial charge in [0.25, 0.3) is 11.8 Å². The number of hydrogen-bond donors (Lipinski definition) is 2. The molecule has 0 radical (unpaired) electrons. The number of carbonyl (C=O) groups is 2. The molecule has 1 atom stereocenters. The van der Waals surface area contributed by atoms with Gasteiger partial charge in [-0.1, -0.05) is 11.6 Å². The number of carbonyl (C=O) groups excluding carboxylic acids is 2. The lowest BCUT2D eigenvalue weighted by atomic mass is 10.2. The van der Waals surface area contributed by atoms with E-state index in [1.807, 2.05) is 0 Å². The summed E-state index contributed by atoms with van der Waals surface area (Å²) in [5.41, 5.74) is 4.83. The van der Waals surface area contributed by atoms with E-state index in [1.54, 1.807) is 53.9 Å². The molecular weight excluding hydrogens is 446 g/mol. The van der Waals surface area contributed by atoms with Crippen LogP contribution in [0.4, 0.5) is 0 Å². The van der Waals surface area contributed by atoms with Gasteiger partial charge in [-0.05, 0) is 61.7 Å². The SMILES string of the molecule is Cc1nc2ccc(Cl)cn2c1C(=O)N/N=C\c1ccc(OCC(=O)NC[C@H]2CCCO2)cc1. The molecule has 1 aromatic carbocycles. The van der Waals surface area contributed by atoms with Crippen LogP contribution >= 0.6 is 11.6 Å². The molecule has 2 amide bonds. The molecule has 0 spiro atoms. The van der Waals surface area contributed by atoms with E-state index in [9.17, 15) is 9.59 Å². The summed E-state index contributed by atoms with van der Waals surface area (Å²) >= 11 is 6.04. The summed E-state index contributed by atoms with van der Waals surface area (Å²) in [6.07, 6.45) is 5.25. The van der Waals surface area contributed by atoms with Gasteiger partial charge in [0.1, 0.15) is 17.1 Å². The maximum atomic E-state index is 12.6. The van der Waals surface area contributed by atoms with Crippen molar-refractivity contribution in [2.75, 3.05) is 19.8 Å². The van der Waals surface area contributed by atoms with Crippen molar-refractivity contribution in [3.05, 3.63) is 64.6 Å². The quantitative estimate of drug-likeness (QED) is 0.389. The summed E-state index contributed by atoms with van der Waals surface area (Å²) in [5.74, 6) is -0.0306. The first-order chi connectivity index (χ1) is 16.0. The zero-order valence-electron chi connectivity index (χ0n) is 18.1. The second-order valence-electron chi connectivity index (χ2n) is 7.62. The second kappa shape index (κ2) is 10.5. The van der Waals surface area contributed by atoms with Gasteiger partial charge in [-0.3, -0.25) is 14.0 Å². The number of hydrazone groups is 1. The van der Waals surface area contributed by atoms with Gasteiger partial charge in [0.05, 0.1) is 23.0 Å². The maximum Gasteiger partial charge on any atom is 0.290 e. The van der Waals surface area contributed by atoms with E-state index in [0.29, 0.717) is 34.4 Å². The van der Waals surface area contributed by atoms with E-state index in [1.165, 1.54) is 6.21 Å². The molecule has 0 bridgehead atoms. The van der Waals surface area contributed by atoms with Gasteiger partial charge >= 0.3 is 0 Å². The molecule has 1 aliphatic rings. The summed E-state index contributed by atoms with van der Waals surface area (Å²) in [4.78, 5) is 28.8. The number of aryl methyl sites for hydroxylation is 1. The number of pyridine rings is 1. The minimum absolute atomic E-state index is 0.0705. The van der Waals surface area contributed by atoms with Gasteiger partial charge < -0.3 is 14.8 Å². The van der Waals surface area contributed by atoms with Crippen molar-refractivity contribution in [2.24, 2.45) is 5.10 Å². The first kappa shape index (κ1) is 22.8. The Morgan fingerprint density at radius 1 is 1.30 bits per heavy atom. The fourth-order valence-corrected chi connectivity index (χ4v) is 3.67. The third-order valence-corrected chi connectivity index (χ3v) is 5.38. The molecule has 9 nitrogen and oxygen atoms in total. The summed E-state index contributed by atoms with van der Waals surface area (Å²) in [7, 11) is 0. The second-order valence-corrected chi connectivity index (χ2v) is 8.05. The van der Waals surface area contributed by atoms with Gasteiger partial charge in [0.2, 0.25) is 0 Å². The third-order valence-electron chi connectivity index (χ3n) is 5.15. The normalized spacial score (nSPS) is 15.8. The first-order valence-corrected chi connectivity index (χ1v) is 11.0. The average molecular weight is 470 g/mol. The maximum absolute atomic E-state index is 12.6. The highest BCUT2D eigenvalue weighted by Crippen LogP contribution is 2.16. The summed E-state index contributed by atoms with van der Waals surface area (Å²) in [5, 5.41) is 7.33. The number of nitrogens with one attached hydrogen (secondary N) is 2. The molecule has 1 saturated heterocycles. The highest BCUT2D eigenvalue weighted by molar-refractivity contribution is 6.30. The molecule has 3 aromatic rings. The number of benzene rings is 1. The van der Waals surface area contributed by atoms with Crippen molar-refractivity contribution in [1.29, 1.82) is 0 Å². The van der Waals surface area contributed by atoms with Gasteiger partial charge in [-0.2, -0.15) is 5.10 Å². The number of hydrogen-bond acceptors (Lipinski definition) is 6. The van der Waals surface area contributed by atoms with Gasteiger partial charge in [-0.25, -0.2) is 10.4 Å². The number of halogens is 1. The standard InChI is InChI=1S/C23H24ClN5O4/c1-15-22(29-13-17(24)6-9-20(29)27-15)23(31)28-26-11-16-4-7-18(8-5-16)33-14-21(30)25-12-19-3-2-10-32-19/h4-9,11,13,19H,2-3,10,12,14H2,1H3,(H,25,30)(H,28,31)/b26-11-/t19-/m1/s1. The third kappa shape index (κ3) is 5.88. The number of fused-ring (bicyclic) bond motifs is 1. The monoisotopic (exact) mass is 469 g/mol. The number of imidazole rings is 1. The Kier molecular flexibility index (Phi) is 7.21. The summed E-state index contributed by atoms with van der Waals surface area (Å²) in [6, 6.07) is 10.5. The Morgan fingerprint density at radius 2 is 2.12 bits per heavy atom. The first-order valence-electron chi connectivity index (χ1n) is 10.6. The van der Waals surface area contributed by atoms with Crippen LogP contribution in [0.15, 0.2) is 47.7 Å². The highest BCUT2D eigenvalue weighted by Gasteiger charge is 2.17. The Hall–Kier alpha value is -3.43. The summed E-state index contributed by atoms with van der Waals surface area (Å²) in [6.45, 7) is 2.94. The molecule has 3 heterocycles. The zero-order valence-corrected chi connectivity index (χ0v) is 18.8. The lowest BCUT2D eigenvalue weighted by Crippen LogP contribution is -2.35. The van der Waals surface area contributed by atoms with E-state index in [0.717, 1.165) is 25.0 Å². The zero-order chi connectivity index (χ0) is 23.2.